The zero-order valence-electron chi connectivity index (χ0n) is 38.4. The van der Waals surface area contributed by atoms with E-state index >= 15 is 0 Å². The van der Waals surface area contributed by atoms with E-state index in [1.807, 2.05) is 0 Å². The van der Waals surface area contributed by atoms with Gasteiger partial charge in [0.05, 0.1) is 0 Å². The third-order valence-electron chi connectivity index (χ3n) is 9.68. The zero-order chi connectivity index (χ0) is 40.1. The first-order chi connectivity index (χ1) is 26.0. The molecule has 0 aliphatic carbocycles. The van der Waals surface area contributed by atoms with Gasteiger partial charge in [0.25, 0.3) is 0 Å². The third kappa shape index (κ3) is 64.0. The lowest BCUT2D eigenvalue weighted by molar-refractivity contribution is 0.217. The molecule has 0 atom stereocenters. The lowest BCUT2D eigenvalue weighted by Gasteiger charge is -2.26. The minimum absolute atomic E-state index is 0.796. The molecule has 0 aromatic rings. The Kier molecular flexibility index (Phi) is 68.4. The van der Waals surface area contributed by atoms with Crippen LogP contribution in [0.5, 0.6) is 0 Å². The van der Waals surface area contributed by atoms with Gasteiger partial charge >= 0.3 is 0 Å². The van der Waals surface area contributed by atoms with Gasteiger partial charge in [-0.2, -0.15) is 0 Å². The van der Waals surface area contributed by atoms with Crippen molar-refractivity contribution in [3.8, 4) is 0 Å². The number of unbranched alkanes of at least 4 members (excludes halogenated alkanes) is 20. The lowest BCUT2D eigenvalue weighted by atomic mass is 10.1. The fourth-order valence-electron chi connectivity index (χ4n) is 6.24. The molecule has 0 fully saturated rings. The molecule has 0 rings (SSSR count). The van der Waals surface area contributed by atoms with Crippen LogP contribution in [0.15, 0.2) is 0 Å². The molecule has 0 aromatic carbocycles. The van der Waals surface area contributed by atoms with Crippen LogP contribution in [0.3, 0.4) is 0 Å². The van der Waals surface area contributed by atoms with E-state index in [9.17, 15) is 0 Å². The van der Waals surface area contributed by atoms with E-state index in [0.717, 1.165) is 39.1 Å². The Morgan fingerprint density at radius 1 is 0.283 bits per heavy atom. The zero-order valence-corrected chi connectivity index (χ0v) is 38.4. The lowest BCUT2D eigenvalue weighted by Crippen LogP contribution is -2.33. The van der Waals surface area contributed by atoms with Crippen molar-refractivity contribution in [2.24, 2.45) is 17.2 Å². The molecule has 0 saturated heterocycles. The second-order valence-electron chi connectivity index (χ2n) is 15.6. The smallest absolute Gasteiger partial charge is 0.000654 e. The molecule has 0 saturated carbocycles. The van der Waals surface area contributed by atoms with Crippen molar-refractivity contribution in [3.05, 3.63) is 0 Å². The van der Waals surface area contributed by atoms with Gasteiger partial charge in [-0.05, 0) is 123 Å². The highest BCUT2D eigenvalue weighted by Crippen LogP contribution is 2.13. The highest BCUT2D eigenvalue weighted by Gasteiger charge is 2.09. The standard InChI is InChI=1S/C35H76N4.C5H13N.C4H11N.C3H8/c1-4-7-10-12-14-16-18-20-22-31-39(32-23-21-19-17-15-13-11-8-5-2)35-26-34-38(30-9-6-3)33-25-29-37-28-24-27-36;1-2-3-4-5-6;1-2-3-4-5;1-3-2/h37H,4-36H2,1-3H3;2-6H2,1H3;2-5H2,1H3;3H2,1-2H3. The predicted molar refractivity (Wildman–Crippen MR) is 247 cm³/mol. The van der Waals surface area contributed by atoms with Crippen LogP contribution in [0, 0.1) is 0 Å². The van der Waals surface area contributed by atoms with Gasteiger partial charge in [0.15, 0.2) is 0 Å². The highest BCUT2D eigenvalue weighted by molar-refractivity contribution is 4.65. The SMILES string of the molecule is CCC.CCCCCCCCCCCN(CCCCCCCCCCC)CCCN(CCCC)CCCNCCCN.CCCCCN.CCCCN. The molecule has 53 heavy (non-hydrogen) atoms. The van der Waals surface area contributed by atoms with Crippen LogP contribution < -0.4 is 22.5 Å². The van der Waals surface area contributed by atoms with Crippen LogP contribution in [0.4, 0.5) is 0 Å². The van der Waals surface area contributed by atoms with E-state index in [4.69, 9.17) is 17.2 Å². The summed E-state index contributed by atoms with van der Waals surface area (Å²) in [6.45, 7) is 27.9. The molecule has 0 bridgehead atoms. The Morgan fingerprint density at radius 2 is 0.566 bits per heavy atom. The van der Waals surface area contributed by atoms with E-state index in [1.54, 1.807) is 0 Å². The Bertz CT molecular complexity index is 521. The van der Waals surface area contributed by atoms with Crippen molar-refractivity contribution in [1.29, 1.82) is 0 Å². The first-order valence-electron chi connectivity index (χ1n) is 24.3. The molecule has 0 spiro atoms. The third-order valence-corrected chi connectivity index (χ3v) is 9.68. The maximum absolute atomic E-state index is 5.62. The summed E-state index contributed by atoms with van der Waals surface area (Å²) in [7, 11) is 0. The summed E-state index contributed by atoms with van der Waals surface area (Å²) in [5.41, 5.74) is 16.0. The summed E-state index contributed by atoms with van der Waals surface area (Å²) >= 11 is 0. The summed E-state index contributed by atoms with van der Waals surface area (Å²) in [5.74, 6) is 0. The van der Waals surface area contributed by atoms with Crippen molar-refractivity contribution >= 4 is 0 Å². The second kappa shape index (κ2) is 61.0. The van der Waals surface area contributed by atoms with E-state index in [-0.39, 0.29) is 0 Å². The van der Waals surface area contributed by atoms with Crippen LogP contribution in [0.1, 0.15) is 235 Å². The van der Waals surface area contributed by atoms with E-state index in [1.165, 1.54) is 219 Å². The first kappa shape index (κ1) is 59.5. The van der Waals surface area contributed by atoms with Gasteiger partial charge in [0, 0.05) is 0 Å². The molecule has 0 radical (unpaired) electrons. The Balaban J connectivity index is -0.000000721. The Labute approximate surface area is 338 Å². The molecule has 0 heterocycles. The highest BCUT2D eigenvalue weighted by atomic mass is 15.1. The fraction of sp³-hybridized carbons (Fsp3) is 1.00. The largest absolute Gasteiger partial charge is 0.330 e. The minimum atomic E-state index is 0.796. The predicted octanol–water partition coefficient (Wildman–Crippen LogP) is 12.5. The van der Waals surface area contributed by atoms with E-state index in [0.29, 0.717) is 0 Å². The van der Waals surface area contributed by atoms with Crippen molar-refractivity contribution < 1.29 is 0 Å². The molecule has 6 heteroatoms. The molecule has 326 valence electrons. The molecule has 0 aliphatic rings. The monoisotopic (exact) mass is 757 g/mol. The van der Waals surface area contributed by atoms with E-state index < -0.39 is 0 Å². The van der Waals surface area contributed by atoms with Gasteiger partial charge in [-0.25, -0.2) is 0 Å². The van der Waals surface area contributed by atoms with Crippen molar-refractivity contribution in [1.82, 2.24) is 15.1 Å². The maximum Gasteiger partial charge on any atom is -0.000654 e. The van der Waals surface area contributed by atoms with Crippen LogP contribution >= 0.6 is 0 Å². The summed E-state index contributed by atoms with van der Waals surface area (Å²) in [6.07, 6.45) is 39.5. The molecular weight excluding hydrogens is 649 g/mol. The molecule has 0 unspecified atom stereocenters. The topological polar surface area (TPSA) is 96.6 Å². The summed E-state index contributed by atoms with van der Waals surface area (Å²) in [6, 6.07) is 0. The number of nitrogens with one attached hydrogen (secondary N) is 1. The molecule has 0 aromatic heterocycles. The maximum atomic E-state index is 5.62. The van der Waals surface area contributed by atoms with Gasteiger partial charge in [-0.1, -0.05) is 183 Å². The summed E-state index contributed by atoms with van der Waals surface area (Å²) < 4.78 is 0. The quantitative estimate of drug-likeness (QED) is 0.0466. The van der Waals surface area contributed by atoms with Crippen LogP contribution in [-0.2, 0) is 0 Å². The second-order valence-corrected chi connectivity index (χ2v) is 15.6. The van der Waals surface area contributed by atoms with Gasteiger partial charge in [-0.15, -0.1) is 0 Å². The van der Waals surface area contributed by atoms with Gasteiger partial charge in [0.1, 0.15) is 0 Å². The molecule has 6 nitrogen and oxygen atoms in total. The number of nitrogens with zero attached hydrogens (tertiary/aromatic N) is 2. The van der Waals surface area contributed by atoms with Crippen LogP contribution in [0.2, 0.25) is 0 Å². The number of hydrogen-bond donors (Lipinski definition) is 4. The average Bonchev–Trinajstić information content (AvgIpc) is 3.16. The van der Waals surface area contributed by atoms with Crippen LogP contribution in [-0.4, -0.2) is 81.8 Å². The minimum Gasteiger partial charge on any atom is -0.330 e. The summed E-state index contributed by atoms with van der Waals surface area (Å²) in [5, 5.41) is 3.56. The normalized spacial score (nSPS) is 10.9. The van der Waals surface area contributed by atoms with Crippen molar-refractivity contribution in [2.75, 3.05) is 72.0 Å². The number of nitrogens with two attached hydrogens (primary N) is 3. The van der Waals surface area contributed by atoms with Gasteiger partial charge in [-0.3, -0.25) is 0 Å². The van der Waals surface area contributed by atoms with Crippen LogP contribution in [0.25, 0.3) is 0 Å². The van der Waals surface area contributed by atoms with E-state index in [2.05, 4.69) is 63.6 Å². The fourth-order valence-corrected chi connectivity index (χ4v) is 6.24. The molecular formula is C47H108N6. The first-order valence-corrected chi connectivity index (χ1v) is 24.3. The Morgan fingerprint density at radius 3 is 0.906 bits per heavy atom. The molecule has 7 N–H and O–H groups in total. The summed E-state index contributed by atoms with van der Waals surface area (Å²) in [4.78, 5) is 5.57. The average molecular weight is 757 g/mol. The van der Waals surface area contributed by atoms with Gasteiger partial charge in [0.2, 0.25) is 0 Å². The number of hydrogen-bond acceptors (Lipinski definition) is 6. The van der Waals surface area contributed by atoms with Crippen molar-refractivity contribution in [3.63, 3.8) is 0 Å². The number of rotatable bonds is 39. The van der Waals surface area contributed by atoms with Gasteiger partial charge < -0.3 is 32.3 Å². The molecule has 0 aliphatic heterocycles. The molecule has 0 amide bonds. The van der Waals surface area contributed by atoms with Crippen molar-refractivity contribution in [2.45, 2.75) is 235 Å². The Hall–Kier alpha value is -0.240.